The van der Waals surface area contributed by atoms with Crippen molar-refractivity contribution in [3.05, 3.63) is 66.6 Å². The van der Waals surface area contributed by atoms with Gasteiger partial charge in [0.25, 0.3) is 5.91 Å². The largest absolute Gasteiger partial charge is 0.451 e. The highest BCUT2D eigenvalue weighted by molar-refractivity contribution is 6.05. The lowest BCUT2D eigenvalue weighted by atomic mass is 10.2. The maximum atomic E-state index is 12.4. The van der Waals surface area contributed by atoms with Gasteiger partial charge in [0.2, 0.25) is 11.7 Å². The molecule has 0 aliphatic heterocycles. The second kappa shape index (κ2) is 7.36. The number of carbonyl (C=O) groups is 1. The minimum Gasteiger partial charge on any atom is -0.436 e. The molecule has 138 valence electrons. The molecule has 3 aromatic rings. The number of nitrogens with zero attached hydrogens (tertiary/aromatic N) is 5. The number of hydrogen-bond acceptors (Lipinski definition) is 6. The molecule has 7 nitrogen and oxygen atoms in total. The van der Waals surface area contributed by atoms with Gasteiger partial charge in [-0.15, -0.1) is 0 Å². The quantitative estimate of drug-likeness (QED) is 0.696. The van der Waals surface area contributed by atoms with Gasteiger partial charge in [-0.2, -0.15) is 13.2 Å². The summed E-state index contributed by atoms with van der Waals surface area (Å²) in [6.07, 6.45) is 1.61. The van der Waals surface area contributed by atoms with E-state index in [9.17, 15) is 18.0 Å². The van der Waals surface area contributed by atoms with Crippen molar-refractivity contribution in [1.82, 2.24) is 19.9 Å². The second-order valence-electron chi connectivity index (χ2n) is 5.30. The number of amides is 1. The molecule has 0 unspecified atom stereocenters. The van der Waals surface area contributed by atoms with Crippen molar-refractivity contribution in [2.24, 2.45) is 0 Å². The highest BCUT2D eigenvalue weighted by atomic mass is 19.4. The molecule has 3 heterocycles. The summed E-state index contributed by atoms with van der Waals surface area (Å²) in [5.74, 6) is -1.50. The van der Waals surface area contributed by atoms with Crippen molar-refractivity contribution in [3.63, 3.8) is 0 Å². The zero-order valence-electron chi connectivity index (χ0n) is 13.9. The standard InChI is InChI=1S/C17H12F3N5O2/c1-25(12-3-2-6-21-8-12)15(26)11-4-5-14(22-7-11)27-13-9-23-16(24-10-13)17(18,19)20/h2-10H,1H3. The smallest absolute Gasteiger partial charge is 0.436 e. The molecule has 27 heavy (non-hydrogen) atoms. The van der Waals surface area contributed by atoms with Gasteiger partial charge in [0.15, 0.2) is 5.75 Å². The third-order valence-electron chi connectivity index (χ3n) is 3.43. The van der Waals surface area contributed by atoms with Crippen molar-refractivity contribution in [1.29, 1.82) is 0 Å². The van der Waals surface area contributed by atoms with Crippen molar-refractivity contribution < 1.29 is 22.7 Å². The van der Waals surface area contributed by atoms with Gasteiger partial charge in [0.1, 0.15) is 0 Å². The Kier molecular flexibility index (Phi) is 4.97. The Morgan fingerprint density at radius 1 is 1.04 bits per heavy atom. The van der Waals surface area contributed by atoms with E-state index in [2.05, 4.69) is 19.9 Å². The zero-order chi connectivity index (χ0) is 19.4. The first-order valence-corrected chi connectivity index (χ1v) is 7.56. The molecule has 0 N–H and O–H groups in total. The maximum Gasteiger partial charge on any atom is 0.451 e. The monoisotopic (exact) mass is 375 g/mol. The van der Waals surface area contributed by atoms with Crippen LogP contribution < -0.4 is 9.64 Å². The van der Waals surface area contributed by atoms with Crippen molar-refractivity contribution in [2.75, 3.05) is 11.9 Å². The molecule has 0 aromatic carbocycles. The number of carbonyl (C=O) groups excluding carboxylic acids is 1. The van der Waals surface area contributed by atoms with Gasteiger partial charge in [-0.05, 0) is 18.2 Å². The highest BCUT2D eigenvalue weighted by Gasteiger charge is 2.34. The maximum absolute atomic E-state index is 12.4. The number of pyridine rings is 2. The summed E-state index contributed by atoms with van der Waals surface area (Å²) < 4.78 is 42.6. The average molecular weight is 375 g/mol. The van der Waals surface area contributed by atoms with Gasteiger partial charge in [-0.1, -0.05) is 0 Å². The number of anilines is 1. The van der Waals surface area contributed by atoms with Crippen LogP contribution in [0.25, 0.3) is 0 Å². The molecule has 0 aliphatic rings. The highest BCUT2D eigenvalue weighted by Crippen LogP contribution is 2.27. The molecule has 0 atom stereocenters. The van der Waals surface area contributed by atoms with Crippen LogP contribution in [0, 0.1) is 0 Å². The normalized spacial score (nSPS) is 11.1. The third kappa shape index (κ3) is 4.35. The molecule has 3 aromatic heterocycles. The number of ether oxygens (including phenoxy) is 1. The van der Waals surface area contributed by atoms with E-state index in [1.54, 1.807) is 31.6 Å². The fourth-order valence-corrected chi connectivity index (χ4v) is 2.07. The number of aromatic nitrogens is 4. The van der Waals surface area contributed by atoms with Crippen molar-refractivity contribution in [3.8, 4) is 11.6 Å². The fraction of sp³-hybridized carbons (Fsp3) is 0.118. The summed E-state index contributed by atoms with van der Waals surface area (Å²) in [5.41, 5.74) is 0.919. The molecule has 0 bridgehead atoms. The lowest BCUT2D eigenvalue weighted by molar-refractivity contribution is -0.145. The number of rotatable bonds is 4. The van der Waals surface area contributed by atoms with Crippen LogP contribution in [0.2, 0.25) is 0 Å². The SMILES string of the molecule is CN(C(=O)c1ccc(Oc2cnc(C(F)(F)F)nc2)nc1)c1cccnc1. The summed E-state index contributed by atoms with van der Waals surface area (Å²) in [4.78, 5) is 28.2. The minimum absolute atomic E-state index is 0.0120. The Labute approximate surface area is 151 Å². The summed E-state index contributed by atoms with van der Waals surface area (Å²) in [5, 5.41) is 0. The first kappa shape index (κ1) is 18.2. The van der Waals surface area contributed by atoms with E-state index in [0.717, 1.165) is 12.4 Å². The molecular weight excluding hydrogens is 363 g/mol. The molecule has 0 fully saturated rings. The van der Waals surface area contributed by atoms with Gasteiger partial charge in [0, 0.05) is 25.5 Å². The Morgan fingerprint density at radius 2 is 1.78 bits per heavy atom. The minimum atomic E-state index is -4.63. The molecule has 0 aliphatic carbocycles. The number of alkyl halides is 3. The molecular formula is C17H12F3N5O2. The van der Waals surface area contributed by atoms with E-state index in [1.807, 2.05) is 0 Å². The molecule has 0 saturated heterocycles. The van der Waals surface area contributed by atoms with E-state index in [-0.39, 0.29) is 17.5 Å². The van der Waals surface area contributed by atoms with Gasteiger partial charge in [-0.3, -0.25) is 9.78 Å². The third-order valence-corrected chi connectivity index (χ3v) is 3.43. The van der Waals surface area contributed by atoms with Crippen LogP contribution in [0.4, 0.5) is 18.9 Å². The van der Waals surface area contributed by atoms with Crippen LogP contribution in [0.15, 0.2) is 55.2 Å². The van der Waals surface area contributed by atoms with Gasteiger partial charge in [-0.25, -0.2) is 15.0 Å². The van der Waals surface area contributed by atoms with Crippen LogP contribution in [0.3, 0.4) is 0 Å². The molecule has 0 radical (unpaired) electrons. The summed E-state index contributed by atoms with van der Waals surface area (Å²) >= 11 is 0. The van der Waals surface area contributed by atoms with Crippen LogP contribution in [-0.4, -0.2) is 32.9 Å². The van der Waals surface area contributed by atoms with Gasteiger partial charge < -0.3 is 9.64 Å². The number of halogens is 3. The molecule has 1 amide bonds. The second-order valence-corrected chi connectivity index (χ2v) is 5.30. The van der Waals surface area contributed by atoms with Gasteiger partial charge >= 0.3 is 6.18 Å². The predicted octanol–water partition coefficient (Wildman–Crippen LogP) is 3.35. The van der Waals surface area contributed by atoms with Crippen molar-refractivity contribution >= 4 is 11.6 Å². The molecule has 3 rings (SSSR count). The Balaban J connectivity index is 1.69. The summed E-state index contributed by atoms with van der Waals surface area (Å²) in [7, 11) is 1.60. The van der Waals surface area contributed by atoms with Gasteiger partial charge in [0.05, 0.1) is 29.8 Å². The number of hydrogen-bond donors (Lipinski definition) is 0. The van der Waals surface area contributed by atoms with E-state index in [0.29, 0.717) is 11.3 Å². The van der Waals surface area contributed by atoms with Crippen LogP contribution in [0.5, 0.6) is 11.6 Å². The van der Waals surface area contributed by atoms with Crippen LogP contribution >= 0.6 is 0 Å². The zero-order valence-corrected chi connectivity index (χ0v) is 13.9. The Hall–Kier alpha value is -3.56. The van der Waals surface area contributed by atoms with E-state index in [1.165, 1.54) is 23.2 Å². The van der Waals surface area contributed by atoms with E-state index >= 15 is 0 Å². The first-order chi connectivity index (χ1) is 12.8. The summed E-state index contributed by atoms with van der Waals surface area (Å²) in [6, 6.07) is 6.35. The lowest BCUT2D eigenvalue weighted by Gasteiger charge is -2.16. The van der Waals surface area contributed by atoms with Crippen molar-refractivity contribution in [2.45, 2.75) is 6.18 Å². The Morgan fingerprint density at radius 3 is 2.33 bits per heavy atom. The lowest BCUT2D eigenvalue weighted by Crippen LogP contribution is -2.26. The van der Waals surface area contributed by atoms with E-state index in [4.69, 9.17) is 4.74 Å². The summed E-state index contributed by atoms with van der Waals surface area (Å²) in [6.45, 7) is 0. The molecule has 0 spiro atoms. The fourth-order valence-electron chi connectivity index (χ4n) is 2.07. The Bertz CT molecular complexity index is 916. The van der Waals surface area contributed by atoms with Crippen LogP contribution in [0.1, 0.15) is 16.2 Å². The predicted molar refractivity (Wildman–Crippen MR) is 88.3 cm³/mol. The van der Waals surface area contributed by atoms with Crippen LogP contribution in [-0.2, 0) is 6.18 Å². The molecule has 0 saturated carbocycles. The van der Waals surface area contributed by atoms with E-state index < -0.39 is 12.0 Å². The first-order valence-electron chi connectivity index (χ1n) is 7.56. The molecule has 10 heteroatoms. The topological polar surface area (TPSA) is 81.1 Å². The average Bonchev–Trinajstić information content (AvgIpc) is 2.68.